The third-order valence-electron chi connectivity index (χ3n) is 2.14. The van der Waals surface area contributed by atoms with E-state index in [1.54, 1.807) is 12.3 Å². The Morgan fingerprint density at radius 1 is 1.17 bits per heavy atom. The van der Waals surface area contributed by atoms with Gasteiger partial charge < -0.3 is 10.1 Å². The van der Waals surface area contributed by atoms with Crippen LogP contribution in [0.5, 0.6) is 5.75 Å². The average molecular weight is 251 g/mol. The highest BCUT2D eigenvalue weighted by Crippen LogP contribution is 2.13. The molecule has 4 nitrogen and oxygen atoms in total. The highest BCUT2D eigenvalue weighted by atomic mass is 19.3. The summed E-state index contributed by atoms with van der Waals surface area (Å²) < 4.78 is 28.0. The van der Waals surface area contributed by atoms with Crippen LogP contribution in [0.15, 0.2) is 42.7 Å². The first kappa shape index (κ1) is 12.2. The number of rotatable bonds is 5. The molecule has 0 bridgehead atoms. The molecule has 0 unspecified atom stereocenters. The molecule has 18 heavy (non-hydrogen) atoms. The largest absolute Gasteiger partial charge is 0.433 e. The summed E-state index contributed by atoms with van der Waals surface area (Å²) in [6.07, 6.45) is 2.94. The number of nitrogens with one attached hydrogen (secondary N) is 1. The van der Waals surface area contributed by atoms with Gasteiger partial charge in [0, 0.05) is 6.20 Å². The lowest BCUT2D eigenvalue weighted by atomic mass is 10.3. The van der Waals surface area contributed by atoms with Gasteiger partial charge in [0.25, 0.3) is 0 Å². The molecule has 0 saturated carbocycles. The van der Waals surface area contributed by atoms with Gasteiger partial charge >= 0.3 is 6.61 Å². The van der Waals surface area contributed by atoms with Gasteiger partial charge in [0.2, 0.25) is 0 Å². The molecule has 0 atom stereocenters. The normalized spacial score (nSPS) is 10.4. The van der Waals surface area contributed by atoms with Gasteiger partial charge in [-0.15, -0.1) is 0 Å². The Morgan fingerprint density at radius 3 is 2.67 bits per heavy atom. The molecule has 94 valence electrons. The monoisotopic (exact) mass is 251 g/mol. The molecule has 0 radical (unpaired) electrons. The van der Waals surface area contributed by atoms with Crippen molar-refractivity contribution in [3.8, 4) is 5.75 Å². The van der Waals surface area contributed by atoms with Gasteiger partial charge in [0.15, 0.2) is 0 Å². The number of hydrogen-bond donors (Lipinski definition) is 1. The first-order valence-electron chi connectivity index (χ1n) is 5.29. The lowest BCUT2D eigenvalue weighted by Crippen LogP contribution is -2.05. The zero-order valence-electron chi connectivity index (χ0n) is 9.38. The lowest BCUT2D eigenvalue weighted by Gasteiger charge is -2.06. The van der Waals surface area contributed by atoms with Crippen molar-refractivity contribution in [2.75, 3.05) is 5.32 Å². The van der Waals surface area contributed by atoms with E-state index in [4.69, 9.17) is 0 Å². The second-order valence-electron chi connectivity index (χ2n) is 3.43. The van der Waals surface area contributed by atoms with Gasteiger partial charge in [-0.25, -0.2) is 4.98 Å². The summed E-state index contributed by atoms with van der Waals surface area (Å²) >= 11 is 0. The fraction of sp³-hybridized carbons (Fsp3) is 0.167. The van der Waals surface area contributed by atoms with Crippen molar-refractivity contribution in [1.82, 2.24) is 9.97 Å². The Labute approximate surface area is 103 Å². The fourth-order valence-electron chi connectivity index (χ4n) is 1.34. The van der Waals surface area contributed by atoms with Gasteiger partial charge in [0.1, 0.15) is 11.6 Å². The molecule has 0 amide bonds. The van der Waals surface area contributed by atoms with Crippen LogP contribution in [-0.2, 0) is 6.54 Å². The molecule has 1 N–H and O–H groups in total. The van der Waals surface area contributed by atoms with Crippen LogP contribution < -0.4 is 10.1 Å². The molecule has 2 aromatic rings. The number of halogens is 2. The number of nitrogens with zero attached hydrogens (tertiary/aromatic N) is 2. The predicted octanol–water partition coefficient (Wildman–Crippen LogP) is 2.69. The van der Waals surface area contributed by atoms with Crippen LogP contribution >= 0.6 is 0 Å². The van der Waals surface area contributed by atoms with E-state index >= 15 is 0 Å². The molecule has 0 aromatic carbocycles. The Hall–Kier alpha value is -2.24. The standard InChI is InChI=1S/C12H11F2N3O/c13-12(14)18-10-5-4-9(16-8-10)7-17-11-3-1-2-6-15-11/h1-6,8,12H,7H2,(H,15,17). The number of alkyl halides is 2. The highest BCUT2D eigenvalue weighted by molar-refractivity contribution is 5.34. The van der Waals surface area contributed by atoms with E-state index in [-0.39, 0.29) is 5.75 Å². The summed E-state index contributed by atoms with van der Waals surface area (Å²) in [6, 6.07) is 8.58. The zero-order chi connectivity index (χ0) is 12.8. The highest BCUT2D eigenvalue weighted by Gasteiger charge is 2.04. The van der Waals surface area contributed by atoms with Crippen LogP contribution in [0.25, 0.3) is 0 Å². The summed E-state index contributed by atoms with van der Waals surface area (Å²) in [7, 11) is 0. The number of aromatic nitrogens is 2. The van der Waals surface area contributed by atoms with E-state index in [0.717, 1.165) is 5.82 Å². The van der Waals surface area contributed by atoms with Gasteiger partial charge in [-0.3, -0.25) is 4.98 Å². The molecular weight excluding hydrogens is 240 g/mol. The molecule has 0 aliphatic carbocycles. The maximum atomic E-state index is 11.9. The first-order valence-corrected chi connectivity index (χ1v) is 5.29. The minimum atomic E-state index is -2.83. The van der Waals surface area contributed by atoms with Crippen LogP contribution in [0.4, 0.5) is 14.6 Å². The molecule has 2 rings (SSSR count). The Balaban J connectivity index is 1.90. The van der Waals surface area contributed by atoms with Crippen LogP contribution in [0, 0.1) is 0 Å². The van der Waals surface area contributed by atoms with Crippen molar-refractivity contribution < 1.29 is 13.5 Å². The van der Waals surface area contributed by atoms with E-state index in [2.05, 4.69) is 20.0 Å². The average Bonchev–Trinajstić information content (AvgIpc) is 2.38. The van der Waals surface area contributed by atoms with Crippen LogP contribution in [0.1, 0.15) is 5.69 Å². The summed E-state index contributed by atoms with van der Waals surface area (Å²) in [4.78, 5) is 8.09. The smallest absolute Gasteiger partial charge is 0.387 e. The van der Waals surface area contributed by atoms with Gasteiger partial charge in [-0.2, -0.15) is 8.78 Å². The number of ether oxygens (including phenoxy) is 1. The topological polar surface area (TPSA) is 47.0 Å². The quantitative estimate of drug-likeness (QED) is 0.887. The second kappa shape index (κ2) is 5.90. The third kappa shape index (κ3) is 3.65. The van der Waals surface area contributed by atoms with Crippen LogP contribution in [0.2, 0.25) is 0 Å². The van der Waals surface area contributed by atoms with Gasteiger partial charge in [-0.1, -0.05) is 6.07 Å². The molecule has 6 heteroatoms. The van der Waals surface area contributed by atoms with Gasteiger partial charge in [0.05, 0.1) is 18.4 Å². The third-order valence-corrected chi connectivity index (χ3v) is 2.14. The Kier molecular flexibility index (Phi) is 4.01. The van der Waals surface area contributed by atoms with Crippen molar-refractivity contribution in [2.24, 2.45) is 0 Å². The Bertz CT molecular complexity index is 476. The molecule has 0 aliphatic heterocycles. The van der Waals surface area contributed by atoms with Gasteiger partial charge in [-0.05, 0) is 24.3 Å². The van der Waals surface area contributed by atoms with E-state index in [9.17, 15) is 8.78 Å². The minimum Gasteiger partial charge on any atom is -0.433 e. The van der Waals surface area contributed by atoms with Crippen molar-refractivity contribution in [3.05, 3.63) is 48.4 Å². The van der Waals surface area contributed by atoms with Crippen LogP contribution in [-0.4, -0.2) is 16.6 Å². The predicted molar refractivity (Wildman–Crippen MR) is 62.4 cm³/mol. The zero-order valence-corrected chi connectivity index (χ0v) is 9.38. The minimum absolute atomic E-state index is 0.0478. The SMILES string of the molecule is FC(F)Oc1ccc(CNc2ccccn2)nc1. The summed E-state index contributed by atoms with van der Waals surface area (Å²) in [5, 5.41) is 3.06. The summed E-state index contributed by atoms with van der Waals surface area (Å²) in [5.41, 5.74) is 0.710. The van der Waals surface area contributed by atoms with Crippen molar-refractivity contribution in [2.45, 2.75) is 13.2 Å². The van der Waals surface area contributed by atoms with E-state index in [1.165, 1.54) is 12.3 Å². The molecule has 0 saturated heterocycles. The maximum Gasteiger partial charge on any atom is 0.387 e. The summed E-state index contributed by atoms with van der Waals surface area (Å²) in [5.74, 6) is 0.777. The number of anilines is 1. The van der Waals surface area contributed by atoms with Crippen molar-refractivity contribution in [3.63, 3.8) is 0 Å². The number of pyridine rings is 2. The molecule has 0 spiro atoms. The first-order chi connectivity index (χ1) is 8.74. The van der Waals surface area contributed by atoms with Crippen molar-refractivity contribution in [1.29, 1.82) is 0 Å². The maximum absolute atomic E-state index is 11.9. The second-order valence-corrected chi connectivity index (χ2v) is 3.43. The molecular formula is C12H11F2N3O. The molecule has 2 heterocycles. The number of hydrogen-bond acceptors (Lipinski definition) is 4. The van der Waals surface area contributed by atoms with E-state index < -0.39 is 6.61 Å². The Morgan fingerprint density at radius 2 is 2.06 bits per heavy atom. The van der Waals surface area contributed by atoms with E-state index in [0.29, 0.717) is 12.2 Å². The molecule has 0 fully saturated rings. The van der Waals surface area contributed by atoms with Crippen LogP contribution in [0.3, 0.4) is 0 Å². The molecule has 2 aromatic heterocycles. The fourth-order valence-corrected chi connectivity index (χ4v) is 1.34. The molecule has 0 aliphatic rings. The van der Waals surface area contributed by atoms with E-state index in [1.807, 2.05) is 18.2 Å². The lowest BCUT2D eigenvalue weighted by molar-refractivity contribution is -0.0500. The van der Waals surface area contributed by atoms with Crippen molar-refractivity contribution >= 4 is 5.82 Å². The summed E-state index contributed by atoms with van der Waals surface area (Å²) in [6.45, 7) is -2.37.